The predicted octanol–water partition coefficient (Wildman–Crippen LogP) is 3.27. The fourth-order valence-corrected chi connectivity index (χ4v) is 2.13. The van der Waals surface area contributed by atoms with Gasteiger partial charge in [0.05, 0.1) is 17.9 Å². The highest BCUT2D eigenvalue weighted by atomic mass is 35.5. The number of rotatable bonds is 5. The minimum Gasteiger partial charge on any atom is -0.382 e. The van der Waals surface area contributed by atoms with Crippen molar-refractivity contribution in [3.63, 3.8) is 0 Å². The lowest BCUT2D eigenvalue weighted by Gasteiger charge is -2.12. The van der Waals surface area contributed by atoms with Crippen molar-refractivity contribution < 1.29 is 4.39 Å². The highest BCUT2D eigenvalue weighted by Gasteiger charge is 2.10. The average molecular weight is 310 g/mol. The van der Waals surface area contributed by atoms with E-state index in [1.807, 2.05) is 13.8 Å². The van der Waals surface area contributed by atoms with E-state index < -0.39 is 0 Å². The molecule has 0 aliphatic rings. The van der Waals surface area contributed by atoms with Gasteiger partial charge in [0.1, 0.15) is 10.8 Å². The zero-order valence-corrected chi connectivity index (χ0v) is 12.7. The molecule has 0 fully saturated rings. The Morgan fingerprint density at radius 1 is 1.33 bits per heavy atom. The van der Waals surface area contributed by atoms with Gasteiger partial charge in [-0.1, -0.05) is 23.7 Å². The first kappa shape index (κ1) is 15.5. The summed E-state index contributed by atoms with van der Waals surface area (Å²) in [6.45, 7) is 4.32. The van der Waals surface area contributed by atoms with Gasteiger partial charge in [0.25, 0.3) is 5.56 Å². The Bertz CT molecular complexity index is 668. The first-order valence-corrected chi connectivity index (χ1v) is 7.12. The number of anilines is 1. The Hall–Kier alpha value is -1.88. The summed E-state index contributed by atoms with van der Waals surface area (Å²) < 4.78 is 14.1. The summed E-state index contributed by atoms with van der Waals surface area (Å²) in [7, 11) is 0. The van der Waals surface area contributed by atoms with Crippen molar-refractivity contribution >= 4 is 17.3 Å². The Labute approximate surface area is 127 Å². The van der Waals surface area contributed by atoms with Crippen LogP contribution in [0.1, 0.15) is 25.5 Å². The maximum Gasteiger partial charge on any atom is 0.287 e. The number of benzene rings is 1. The molecular formula is C15H17ClFN3O. The highest BCUT2D eigenvalue weighted by Crippen LogP contribution is 2.16. The largest absolute Gasteiger partial charge is 0.382 e. The van der Waals surface area contributed by atoms with E-state index in [-0.39, 0.29) is 22.4 Å². The van der Waals surface area contributed by atoms with Gasteiger partial charge in [-0.25, -0.2) is 9.07 Å². The van der Waals surface area contributed by atoms with Gasteiger partial charge in [0, 0.05) is 6.54 Å². The maximum absolute atomic E-state index is 12.8. The summed E-state index contributed by atoms with van der Waals surface area (Å²) in [5.41, 5.74) is 1.21. The molecule has 0 aliphatic carbocycles. The van der Waals surface area contributed by atoms with Crippen LogP contribution >= 0.6 is 11.6 Å². The number of nitrogens with one attached hydrogen (secondary N) is 1. The van der Waals surface area contributed by atoms with E-state index in [4.69, 9.17) is 11.6 Å². The van der Waals surface area contributed by atoms with E-state index in [1.165, 1.54) is 16.8 Å². The molecule has 4 nitrogen and oxygen atoms in total. The van der Waals surface area contributed by atoms with Crippen molar-refractivity contribution in [2.45, 2.75) is 26.3 Å². The van der Waals surface area contributed by atoms with Crippen molar-refractivity contribution in [2.75, 3.05) is 11.9 Å². The van der Waals surface area contributed by atoms with Crippen LogP contribution in [0.15, 0.2) is 35.3 Å². The van der Waals surface area contributed by atoms with Crippen molar-refractivity contribution in [1.82, 2.24) is 9.78 Å². The van der Waals surface area contributed by atoms with Crippen molar-refractivity contribution in [1.29, 1.82) is 0 Å². The van der Waals surface area contributed by atoms with Crippen LogP contribution in [0.25, 0.3) is 0 Å². The maximum atomic E-state index is 12.8. The summed E-state index contributed by atoms with van der Waals surface area (Å²) in [4.78, 5) is 12.0. The molecule has 1 N–H and O–H groups in total. The molecule has 0 saturated carbocycles. The van der Waals surface area contributed by atoms with Crippen molar-refractivity contribution in [3.8, 4) is 0 Å². The van der Waals surface area contributed by atoms with E-state index in [0.29, 0.717) is 18.7 Å². The van der Waals surface area contributed by atoms with Crippen LogP contribution in [0, 0.1) is 5.82 Å². The normalized spacial score (nSPS) is 10.9. The van der Waals surface area contributed by atoms with Gasteiger partial charge < -0.3 is 5.32 Å². The number of hydrogen-bond acceptors (Lipinski definition) is 3. The summed E-state index contributed by atoms with van der Waals surface area (Å²) in [6.07, 6.45) is 2.25. The first-order chi connectivity index (χ1) is 9.99. The van der Waals surface area contributed by atoms with Gasteiger partial charge in [-0.3, -0.25) is 4.79 Å². The van der Waals surface area contributed by atoms with Gasteiger partial charge in [-0.05, 0) is 38.0 Å². The van der Waals surface area contributed by atoms with E-state index in [2.05, 4.69) is 10.4 Å². The molecule has 1 heterocycles. The fourth-order valence-electron chi connectivity index (χ4n) is 1.93. The van der Waals surface area contributed by atoms with Crippen molar-refractivity contribution in [2.24, 2.45) is 0 Å². The monoisotopic (exact) mass is 309 g/mol. The highest BCUT2D eigenvalue weighted by molar-refractivity contribution is 6.32. The molecule has 6 heteroatoms. The van der Waals surface area contributed by atoms with Crippen LogP contribution in [-0.2, 0) is 6.42 Å². The smallest absolute Gasteiger partial charge is 0.287 e. The summed E-state index contributed by atoms with van der Waals surface area (Å²) in [5, 5.41) is 7.30. The van der Waals surface area contributed by atoms with Crippen LogP contribution in [0.3, 0.4) is 0 Å². The first-order valence-electron chi connectivity index (χ1n) is 6.74. The van der Waals surface area contributed by atoms with E-state index in [1.54, 1.807) is 18.3 Å². The second-order valence-electron chi connectivity index (χ2n) is 5.02. The molecule has 0 saturated heterocycles. The standard InChI is InChI=1S/C15H17ClFN3O/c1-10(2)20-15(21)14(16)13(9-19-20)18-8-7-11-3-5-12(17)6-4-11/h3-6,9-10,18H,7-8H2,1-2H3. The van der Waals surface area contributed by atoms with Crippen LogP contribution < -0.4 is 10.9 Å². The topological polar surface area (TPSA) is 46.9 Å². The van der Waals surface area contributed by atoms with Crippen LogP contribution in [0.2, 0.25) is 5.02 Å². The number of halogens is 2. The van der Waals surface area contributed by atoms with E-state index in [0.717, 1.165) is 5.56 Å². The molecule has 0 atom stereocenters. The number of nitrogens with zero attached hydrogens (tertiary/aromatic N) is 2. The van der Waals surface area contributed by atoms with Gasteiger partial charge in [0.15, 0.2) is 0 Å². The fraction of sp³-hybridized carbons (Fsp3) is 0.333. The number of hydrogen-bond donors (Lipinski definition) is 1. The van der Waals surface area contributed by atoms with Crippen LogP contribution in [-0.4, -0.2) is 16.3 Å². The Morgan fingerprint density at radius 2 is 2.00 bits per heavy atom. The molecule has 2 rings (SSSR count). The predicted molar refractivity (Wildman–Crippen MR) is 82.5 cm³/mol. The molecule has 1 aromatic heterocycles. The summed E-state index contributed by atoms with van der Waals surface area (Å²) in [5.74, 6) is -0.253. The SMILES string of the molecule is CC(C)n1ncc(NCCc2ccc(F)cc2)c(Cl)c1=O. The average Bonchev–Trinajstić information content (AvgIpc) is 2.45. The lowest BCUT2D eigenvalue weighted by Crippen LogP contribution is -2.26. The molecule has 21 heavy (non-hydrogen) atoms. The lowest BCUT2D eigenvalue weighted by atomic mass is 10.1. The molecule has 0 spiro atoms. The van der Waals surface area contributed by atoms with Crippen LogP contribution in [0.4, 0.5) is 10.1 Å². The molecular weight excluding hydrogens is 293 g/mol. The van der Waals surface area contributed by atoms with Crippen molar-refractivity contribution in [3.05, 3.63) is 57.2 Å². The second-order valence-corrected chi connectivity index (χ2v) is 5.40. The molecule has 0 aliphatic heterocycles. The lowest BCUT2D eigenvalue weighted by molar-refractivity contribution is 0.503. The molecule has 0 radical (unpaired) electrons. The molecule has 0 amide bonds. The second kappa shape index (κ2) is 6.72. The third kappa shape index (κ3) is 3.82. The van der Waals surface area contributed by atoms with Gasteiger partial charge in [-0.2, -0.15) is 5.10 Å². The zero-order valence-electron chi connectivity index (χ0n) is 11.9. The zero-order chi connectivity index (χ0) is 15.4. The number of aromatic nitrogens is 2. The van der Waals surface area contributed by atoms with Gasteiger partial charge in [-0.15, -0.1) is 0 Å². The molecule has 112 valence electrons. The Morgan fingerprint density at radius 3 is 2.62 bits per heavy atom. The third-order valence-corrected chi connectivity index (χ3v) is 3.44. The van der Waals surface area contributed by atoms with Gasteiger partial charge in [0.2, 0.25) is 0 Å². The molecule has 2 aromatic rings. The Kier molecular flexibility index (Phi) is 4.96. The third-order valence-electron chi connectivity index (χ3n) is 3.08. The van der Waals surface area contributed by atoms with E-state index in [9.17, 15) is 9.18 Å². The Balaban J connectivity index is 2.02. The van der Waals surface area contributed by atoms with Crippen LogP contribution in [0.5, 0.6) is 0 Å². The minimum atomic E-state index is -0.307. The summed E-state index contributed by atoms with van der Waals surface area (Å²) >= 11 is 6.06. The van der Waals surface area contributed by atoms with E-state index >= 15 is 0 Å². The minimum absolute atomic E-state index is 0.0386. The summed E-state index contributed by atoms with van der Waals surface area (Å²) in [6, 6.07) is 6.27. The van der Waals surface area contributed by atoms with Gasteiger partial charge >= 0.3 is 0 Å². The molecule has 0 unspecified atom stereocenters. The molecule has 1 aromatic carbocycles. The quantitative estimate of drug-likeness (QED) is 0.922. The molecule has 0 bridgehead atoms.